The van der Waals surface area contributed by atoms with E-state index in [9.17, 15) is 4.79 Å². The molecule has 0 bridgehead atoms. The molecule has 1 atom stereocenters. The van der Waals surface area contributed by atoms with Gasteiger partial charge in [0, 0.05) is 23.6 Å². The molecule has 1 N–H and O–H groups in total. The molecule has 1 amide bonds. The molecule has 0 radical (unpaired) electrons. The molecule has 0 fully saturated rings. The zero-order valence-corrected chi connectivity index (χ0v) is 20.3. The highest BCUT2D eigenvalue weighted by Gasteiger charge is 2.23. The van der Waals surface area contributed by atoms with Gasteiger partial charge in [-0.3, -0.25) is 14.3 Å². The average molecular weight is 472 g/mol. The maximum absolute atomic E-state index is 13.1. The second-order valence-corrected chi connectivity index (χ2v) is 8.98. The van der Waals surface area contributed by atoms with Crippen molar-refractivity contribution in [2.24, 2.45) is 5.92 Å². The van der Waals surface area contributed by atoms with Gasteiger partial charge in [-0.25, -0.2) is 0 Å². The van der Waals surface area contributed by atoms with Crippen LogP contribution in [0.3, 0.4) is 0 Å². The standard InChI is InChI=1S/C27H29N5OS/c1-3-20(4-2)25(21-12-7-5-8-13-21)29-24(33)19-34-27-31-30-26(22-14-11-17-28-18-22)32(27)23-15-9-6-10-16-23/h5-18,20,25H,3-4,19H2,1-2H3,(H,29,33). The summed E-state index contributed by atoms with van der Waals surface area (Å²) in [7, 11) is 0. The van der Waals surface area contributed by atoms with E-state index in [0.717, 1.165) is 29.7 Å². The minimum Gasteiger partial charge on any atom is -0.348 e. The van der Waals surface area contributed by atoms with Crippen LogP contribution >= 0.6 is 11.8 Å². The number of carbonyl (C=O) groups excluding carboxylic acids is 1. The number of para-hydroxylation sites is 1. The van der Waals surface area contributed by atoms with Crippen molar-refractivity contribution in [3.63, 3.8) is 0 Å². The Labute approximate surface area is 204 Å². The van der Waals surface area contributed by atoms with Crippen molar-refractivity contribution in [2.45, 2.75) is 37.9 Å². The van der Waals surface area contributed by atoms with E-state index >= 15 is 0 Å². The molecule has 34 heavy (non-hydrogen) atoms. The Bertz CT molecular complexity index is 1180. The van der Waals surface area contributed by atoms with Gasteiger partial charge in [0.15, 0.2) is 11.0 Å². The molecule has 6 nitrogen and oxygen atoms in total. The lowest BCUT2D eigenvalue weighted by Crippen LogP contribution is -2.34. The number of nitrogens with zero attached hydrogens (tertiary/aromatic N) is 4. The fraction of sp³-hybridized carbons (Fsp3) is 0.259. The third-order valence-corrected chi connectivity index (χ3v) is 6.82. The van der Waals surface area contributed by atoms with Crippen LogP contribution in [0.4, 0.5) is 0 Å². The second kappa shape index (κ2) is 11.6. The predicted molar refractivity (Wildman–Crippen MR) is 137 cm³/mol. The summed E-state index contributed by atoms with van der Waals surface area (Å²) in [5, 5.41) is 12.8. The quantitative estimate of drug-likeness (QED) is 0.300. The first-order chi connectivity index (χ1) is 16.7. The van der Waals surface area contributed by atoms with Crippen LogP contribution < -0.4 is 5.32 Å². The highest BCUT2D eigenvalue weighted by atomic mass is 32.2. The van der Waals surface area contributed by atoms with E-state index in [2.05, 4.69) is 46.5 Å². The first-order valence-corrected chi connectivity index (χ1v) is 12.6. The van der Waals surface area contributed by atoms with E-state index in [-0.39, 0.29) is 17.7 Å². The molecule has 2 heterocycles. The van der Waals surface area contributed by atoms with Crippen molar-refractivity contribution in [2.75, 3.05) is 5.75 Å². The normalized spacial score (nSPS) is 12.0. The van der Waals surface area contributed by atoms with Gasteiger partial charge in [-0.2, -0.15) is 0 Å². The Kier molecular flexibility index (Phi) is 8.09. The van der Waals surface area contributed by atoms with Crippen molar-refractivity contribution in [1.82, 2.24) is 25.1 Å². The number of thioether (sulfide) groups is 1. The minimum absolute atomic E-state index is 0.0118. The topological polar surface area (TPSA) is 72.7 Å². The van der Waals surface area contributed by atoms with E-state index < -0.39 is 0 Å². The zero-order valence-electron chi connectivity index (χ0n) is 19.5. The summed E-state index contributed by atoms with van der Waals surface area (Å²) in [6.07, 6.45) is 5.50. The Morgan fingerprint density at radius 2 is 1.65 bits per heavy atom. The first-order valence-electron chi connectivity index (χ1n) is 11.6. The second-order valence-electron chi connectivity index (χ2n) is 8.04. The lowest BCUT2D eigenvalue weighted by atomic mass is 9.89. The Balaban J connectivity index is 1.55. The van der Waals surface area contributed by atoms with Crippen LogP contribution in [0.25, 0.3) is 17.1 Å². The summed E-state index contributed by atoms with van der Waals surface area (Å²) in [4.78, 5) is 17.3. The van der Waals surface area contributed by atoms with Crippen LogP contribution in [-0.2, 0) is 4.79 Å². The molecule has 4 aromatic rings. The summed E-state index contributed by atoms with van der Waals surface area (Å²) >= 11 is 1.39. The summed E-state index contributed by atoms with van der Waals surface area (Å²) in [6, 6.07) is 24.0. The van der Waals surface area contributed by atoms with Gasteiger partial charge in [0.2, 0.25) is 5.91 Å². The number of hydrogen-bond donors (Lipinski definition) is 1. The fourth-order valence-corrected chi connectivity index (χ4v) is 4.86. The Morgan fingerprint density at radius 1 is 0.941 bits per heavy atom. The number of hydrogen-bond acceptors (Lipinski definition) is 5. The Hall–Kier alpha value is -3.45. The molecule has 2 aromatic carbocycles. The first kappa shape index (κ1) is 23.7. The van der Waals surface area contributed by atoms with Crippen LogP contribution in [-0.4, -0.2) is 31.4 Å². The molecule has 0 saturated heterocycles. The van der Waals surface area contributed by atoms with Gasteiger partial charge < -0.3 is 5.32 Å². The van der Waals surface area contributed by atoms with Crippen molar-refractivity contribution in [3.8, 4) is 17.1 Å². The number of benzene rings is 2. The van der Waals surface area contributed by atoms with Crippen LogP contribution in [0.1, 0.15) is 38.3 Å². The largest absolute Gasteiger partial charge is 0.348 e. The summed E-state index contributed by atoms with van der Waals surface area (Å²) in [5.74, 6) is 1.31. The predicted octanol–water partition coefficient (Wildman–Crippen LogP) is 5.72. The molecular formula is C27H29N5OS. The number of carbonyl (C=O) groups is 1. The highest BCUT2D eigenvalue weighted by Crippen LogP contribution is 2.29. The summed E-state index contributed by atoms with van der Waals surface area (Å²) < 4.78 is 1.98. The van der Waals surface area contributed by atoms with Gasteiger partial charge in [-0.05, 0) is 35.7 Å². The van der Waals surface area contributed by atoms with Crippen LogP contribution in [0.2, 0.25) is 0 Å². The number of pyridine rings is 1. The van der Waals surface area contributed by atoms with Crippen LogP contribution in [0, 0.1) is 5.92 Å². The summed E-state index contributed by atoms with van der Waals surface area (Å²) in [5.41, 5.74) is 2.95. The van der Waals surface area contributed by atoms with Crippen molar-refractivity contribution >= 4 is 17.7 Å². The molecule has 0 spiro atoms. The van der Waals surface area contributed by atoms with E-state index in [1.807, 2.05) is 65.2 Å². The summed E-state index contributed by atoms with van der Waals surface area (Å²) in [6.45, 7) is 4.35. The minimum atomic E-state index is -0.0173. The van der Waals surface area contributed by atoms with Gasteiger partial charge >= 0.3 is 0 Å². The SMILES string of the molecule is CCC(CC)C(NC(=O)CSc1nnc(-c2cccnc2)n1-c1ccccc1)c1ccccc1. The monoisotopic (exact) mass is 471 g/mol. The molecule has 174 valence electrons. The fourth-order valence-electron chi connectivity index (χ4n) is 4.09. The van der Waals surface area contributed by atoms with E-state index in [4.69, 9.17) is 0 Å². The van der Waals surface area contributed by atoms with Crippen molar-refractivity contribution < 1.29 is 4.79 Å². The maximum Gasteiger partial charge on any atom is 0.230 e. The molecule has 0 aliphatic heterocycles. The van der Waals surface area contributed by atoms with E-state index in [1.54, 1.807) is 12.4 Å². The number of nitrogens with one attached hydrogen (secondary N) is 1. The smallest absolute Gasteiger partial charge is 0.230 e. The molecular weight excluding hydrogens is 442 g/mol. The Morgan fingerprint density at radius 3 is 2.29 bits per heavy atom. The molecule has 2 aromatic heterocycles. The van der Waals surface area contributed by atoms with E-state index in [0.29, 0.717) is 16.9 Å². The third-order valence-electron chi connectivity index (χ3n) is 5.90. The third kappa shape index (κ3) is 5.54. The molecule has 4 rings (SSSR count). The molecule has 0 aliphatic carbocycles. The van der Waals surface area contributed by atoms with Crippen LogP contribution in [0.15, 0.2) is 90.3 Å². The highest BCUT2D eigenvalue weighted by molar-refractivity contribution is 7.99. The van der Waals surface area contributed by atoms with Gasteiger partial charge in [-0.15, -0.1) is 10.2 Å². The molecule has 0 saturated carbocycles. The number of aromatic nitrogens is 4. The van der Waals surface area contributed by atoms with Gasteiger partial charge in [0.25, 0.3) is 0 Å². The number of amides is 1. The van der Waals surface area contributed by atoms with Gasteiger partial charge in [0.05, 0.1) is 11.8 Å². The van der Waals surface area contributed by atoms with Gasteiger partial charge in [0.1, 0.15) is 0 Å². The molecule has 7 heteroatoms. The maximum atomic E-state index is 13.1. The van der Waals surface area contributed by atoms with Crippen molar-refractivity contribution in [1.29, 1.82) is 0 Å². The van der Waals surface area contributed by atoms with Crippen molar-refractivity contribution in [3.05, 3.63) is 90.8 Å². The van der Waals surface area contributed by atoms with Gasteiger partial charge in [-0.1, -0.05) is 87.0 Å². The van der Waals surface area contributed by atoms with Crippen LogP contribution in [0.5, 0.6) is 0 Å². The van der Waals surface area contributed by atoms with E-state index in [1.165, 1.54) is 11.8 Å². The average Bonchev–Trinajstić information content (AvgIpc) is 3.33. The lowest BCUT2D eigenvalue weighted by Gasteiger charge is -2.27. The molecule has 0 aliphatic rings. The number of rotatable bonds is 10. The lowest BCUT2D eigenvalue weighted by molar-refractivity contribution is -0.119. The zero-order chi connectivity index (χ0) is 23.8. The molecule has 1 unspecified atom stereocenters.